The molecule has 0 spiro atoms. The molecule has 21 heavy (non-hydrogen) atoms. The van der Waals surface area contributed by atoms with E-state index in [4.69, 9.17) is 4.74 Å². The summed E-state index contributed by atoms with van der Waals surface area (Å²) < 4.78 is 5.64. The molecule has 0 saturated carbocycles. The Hall–Kier alpha value is -1.88. The highest BCUT2D eigenvalue weighted by Gasteiger charge is 2.22. The largest absolute Gasteiger partial charge is 0.370 e. The van der Waals surface area contributed by atoms with Gasteiger partial charge in [-0.05, 0) is 31.0 Å². The lowest BCUT2D eigenvalue weighted by atomic mass is 9.95. The molecule has 1 aromatic carbocycles. The first kappa shape index (κ1) is 14.1. The van der Waals surface area contributed by atoms with E-state index in [1.165, 1.54) is 0 Å². The van der Waals surface area contributed by atoms with Gasteiger partial charge in [-0.25, -0.2) is 4.98 Å². The molecule has 0 radical (unpaired) electrons. The molecule has 5 nitrogen and oxygen atoms in total. The summed E-state index contributed by atoms with van der Waals surface area (Å²) in [6.07, 6.45) is 2.16. The van der Waals surface area contributed by atoms with Gasteiger partial charge in [-0.1, -0.05) is 20.8 Å². The second-order valence-electron chi connectivity index (χ2n) is 6.56. The minimum Gasteiger partial charge on any atom is -0.370 e. The highest BCUT2D eigenvalue weighted by Crippen LogP contribution is 2.29. The SMILES string of the molecule is CC(C)(C)C(=O)Nc1ccc2nc(C3CCCO3)[nH]c2c1. The maximum atomic E-state index is 12.0. The van der Waals surface area contributed by atoms with E-state index < -0.39 is 5.41 Å². The van der Waals surface area contributed by atoms with Crippen molar-refractivity contribution in [3.05, 3.63) is 24.0 Å². The lowest BCUT2D eigenvalue weighted by Crippen LogP contribution is -2.27. The Morgan fingerprint density at radius 2 is 2.24 bits per heavy atom. The zero-order chi connectivity index (χ0) is 15.0. The molecule has 0 aliphatic carbocycles. The molecule has 1 fully saturated rings. The van der Waals surface area contributed by atoms with Gasteiger partial charge in [0.15, 0.2) is 0 Å². The molecule has 1 unspecified atom stereocenters. The van der Waals surface area contributed by atoms with Crippen LogP contribution in [0.3, 0.4) is 0 Å². The summed E-state index contributed by atoms with van der Waals surface area (Å²) in [5, 5.41) is 2.93. The van der Waals surface area contributed by atoms with E-state index in [1.807, 2.05) is 39.0 Å². The summed E-state index contributed by atoms with van der Waals surface area (Å²) in [5.74, 6) is 0.877. The third-order valence-corrected chi connectivity index (χ3v) is 3.67. The molecule has 1 aromatic heterocycles. The topological polar surface area (TPSA) is 67.0 Å². The minimum atomic E-state index is -0.411. The molecule has 2 heterocycles. The van der Waals surface area contributed by atoms with Gasteiger partial charge in [-0.2, -0.15) is 0 Å². The van der Waals surface area contributed by atoms with Crippen molar-refractivity contribution in [3.63, 3.8) is 0 Å². The number of aromatic nitrogens is 2. The third kappa shape index (κ3) is 2.93. The maximum Gasteiger partial charge on any atom is 0.229 e. The van der Waals surface area contributed by atoms with Crippen LogP contribution in [0.5, 0.6) is 0 Å². The van der Waals surface area contributed by atoms with Crippen molar-refractivity contribution in [1.29, 1.82) is 0 Å². The highest BCUT2D eigenvalue weighted by atomic mass is 16.5. The zero-order valence-corrected chi connectivity index (χ0v) is 12.7. The van der Waals surface area contributed by atoms with Gasteiger partial charge in [0.2, 0.25) is 5.91 Å². The summed E-state index contributed by atoms with van der Waals surface area (Å²) in [6, 6.07) is 5.72. The van der Waals surface area contributed by atoms with Crippen LogP contribution in [0.15, 0.2) is 18.2 Å². The second kappa shape index (κ2) is 5.15. The summed E-state index contributed by atoms with van der Waals surface area (Å²) in [4.78, 5) is 19.9. The predicted molar refractivity (Wildman–Crippen MR) is 82.1 cm³/mol. The molecule has 3 rings (SSSR count). The lowest BCUT2D eigenvalue weighted by molar-refractivity contribution is -0.123. The summed E-state index contributed by atoms with van der Waals surface area (Å²) >= 11 is 0. The zero-order valence-electron chi connectivity index (χ0n) is 12.7. The number of hydrogen-bond acceptors (Lipinski definition) is 3. The number of nitrogens with zero attached hydrogens (tertiary/aromatic N) is 1. The minimum absolute atomic E-state index is 0.000662. The Morgan fingerprint density at radius 1 is 1.43 bits per heavy atom. The van der Waals surface area contributed by atoms with Gasteiger partial charge < -0.3 is 15.0 Å². The van der Waals surface area contributed by atoms with Crippen LogP contribution in [0.25, 0.3) is 11.0 Å². The van der Waals surface area contributed by atoms with Gasteiger partial charge in [0.05, 0.1) is 11.0 Å². The van der Waals surface area contributed by atoms with Crippen molar-refractivity contribution in [2.75, 3.05) is 11.9 Å². The monoisotopic (exact) mass is 287 g/mol. The van der Waals surface area contributed by atoms with E-state index in [-0.39, 0.29) is 12.0 Å². The van der Waals surface area contributed by atoms with Crippen molar-refractivity contribution in [2.45, 2.75) is 39.7 Å². The second-order valence-corrected chi connectivity index (χ2v) is 6.56. The summed E-state index contributed by atoms with van der Waals surface area (Å²) in [5.41, 5.74) is 2.19. The average Bonchev–Trinajstić information content (AvgIpc) is 3.05. The number of amides is 1. The molecule has 5 heteroatoms. The number of carbonyl (C=O) groups is 1. The number of rotatable bonds is 2. The van der Waals surface area contributed by atoms with Crippen LogP contribution in [-0.2, 0) is 9.53 Å². The molecule has 1 saturated heterocycles. The fourth-order valence-corrected chi connectivity index (χ4v) is 2.37. The Kier molecular flexibility index (Phi) is 3.45. The van der Waals surface area contributed by atoms with Gasteiger partial charge in [-0.3, -0.25) is 4.79 Å². The predicted octanol–water partition coefficient (Wildman–Crippen LogP) is 3.40. The number of H-pyrrole nitrogens is 1. The Bertz CT molecular complexity index is 664. The van der Waals surface area contributed by atoms with Crippen molar-refractivity contribution in [2.24, 2.45) is 5.41 Å². The van der Waals surface area contributed by atoms with Gasteiger partial charge in [0, 0.05) is 17.7 Å². The fourth-order valence-electron chi connectivity index (χ4n) is 2.37. The molecule has 0 bridgehead atoms. The van der Waals surface area contributed by atoms with Crippen LogP contribution in [0.4, 0.5) is 5.69 Å². The number of aromatic amines is 1. The first-order chi connectivity index (χ1) is 9.93. The van der Waals surface area contributed by atoms with Crippen LogP contribution in [0.1, 0.15) is 45.5 Å². The Morgan fingerprint density at radius 3 is 2.90 bits per heavy atom. The van der Waals surface area contributed by atoms with Crippen LogP contribution in [0, 0.1) is 5.41 Å². The number of fused-ring (bicyclic) bond motifs is 1. The number of benzene rings is 1. The van der Waals surface area contributed by atoms with Crippen molar-refractivity contribution >= 4 is 22.6 Å². The van der Waals surface area contributed by atoms with E-state index in [1.54, 1.807) is 0 Å². The molecule has 1 atom stereocenters. The van der Waals surface area contributed by atoms with E-state index in [0.717, 1.165) is 42.0 Å². The molecule has 1 aliphatic rings. The highest BCUT2D eigenvalue weighted by molar-refractivity contribution is 5.96. The van der Waals surface area contributed by atoms with Gasteiger partial charge in [0.25, 0.3) is 0 Å². The van der Waals surface area contributed by atoms with Gasteiger partial charge in [0.1, 0.15) is 11.9 Å². The smallest absolute Gasteiger partial charge is 0.229 e. The average molecular weight is 287 g/mol. The molecule has 1 aliphatic heterocycles. The number of nitrogens with one attached hydrogen (secondary N) is 2. The molecule has 2 aromatic rings. The molecular weight excluding hydrogens is 266 g/mol. The van der Waals surface area contributed by atoms with Crippen LogP contribution >= 0.6 is 0 Å². The maximum absolute atomic E-state index is 12.0. The van der Waals surface area contributed by atoms with Gasteiger partial charge >= 0.3 is 0 Å². The van der Waals surface area contributed by atoms with E-state index in [2.05, 4.69) is 15.3 Å². The molecule has 2 N–H and O–H groups in total. The Labute approximate surface area is 124 Å². The standard InChI is InChI=1S/C16H21N3O2/c1-16(2,3)15(20)17-10-6-7-11-12(9-10)19-14(18-11)13-5-4-8-21-13/h6-7,9,13H,4-5,8H2,1-3H3,(H,17,20)(H,18,19). The van der Waals surface area contributed by atoms with Crippen LogP contribution in [-0.4, -0.2) is 22.5 Å². The van der Waals surface area contributed by atoms with Crippen LogP contribution < -0.4 is 5.32 Å². The number of carbonyl (C=O) groups excluding carboxylic acids is 1. The van der Waals surface area contributed by atoms with E-state index >= 15 is 0 Å². The summed E-state index contributed by atoms with van der Waals surface area (Å²) in [6.45, 7) is 6.49. The number of imidazole rings is 1. The fraction of sp³-hybridized carbons (Fsp3) is 0.500. The van der Waals surface area contributed by atoms with Gasteiger partial charge in [-0.15, -0.1) is 0 Å². The number of ether oxygens (including phenoxy) is 1. The van der Waals surface area contributed by atoms with Crippen molar-refractivity contribution in [1.82, 2.24) is 9.97 Å². The van der Waals surface area contributed by atoms with E-state index in [9.17, 15) is 4.79 Å². The molecule has 1 amide bonds. The number of hydrogen-bond donors (Lipinski definition) is 2. The normalized spacial score (nSPS) is 19.1. The van der Waals surface area contributed by atoms with Crippen molar-refractivity contribution < 1.29 is 9.53 Å². The molecule has 112 valence electrons. The third-order valence-electron chi connectivity index (χ3n) is 3.67. The quantitative estimate of drug-likeness (QED) is 0.889. The Balaban J connectivity index is 1.84. The summed E-state index contributed by atoms with van der Waals surface area (Å²) in [7, 11) is 0. The van der Waals surface area contributed by atoms with Crippen molar-refractivity contribution in [3.8, 4) is 0 Å². The first-order valence-corrected chi connectivity index (χ1v) is 7.36. The number of anilines is 1. The molecular formula is C16H21N3O2. The van der Waals surface area contributed by atoms with Crippen LogP contribution in [0.2, 0.25) is 0 Å². The lowest BCUT2D eigenvalue weighted by Gasteiger charge is -2.17. The van der Waals surface area contributed by atoms with E-state index in [0.29, 0.717) is 0 Å². The first-order valence-electron chi connectivity index (χ1n) is 7.36.